The number of carbonyl (C=O) groups excluding carboxylic acids is 2. The molecule has 6 heteroatoms. The van der Waals surface area contributed by atoms with Crippen molar-refractivity contribution in [2.45, 2.75) is 0 Å². The van der Waals surface area contributed by atoms with Gasteiger partial charge in [-0.05, 0) is 18.2 Å². The van der Waals surface area contributed by atoms with Crippen LogP contribution in [0.15, 0.2) is 41.0 Å². The summed E-state index contributed by atoms with van der Waals surface area (Å²) in [7, 11) is 0. The van der Waals surface area contributed by atoms with E-state index in [1.165, 1.54) is 24.5 Å². The quantitative estimate of drug-likeness (QED) is 0.541. The molecule has 0 saturated heterocycles. The van der Waals surface area contributed by atoms with E-state index in [1.807, 2.05) is 0 Å². The van der Waals surface area contributed by atoms with E-state index >= 15 is 0 Å². The van der Waals surface area contributed by atoms with Crippen LogP contribution in [0.4, 0.5) is 4.39 Å². The van der Waals surface area contributed by atoms with E-state index < -0.39 is 17.4 Å². The summed E-state index contributed by atoms with van der Waals surface area (Å²) < 4.78 is 19.1. The van der Waals surface area contributed by atoms with Gasteiger partial charge in [0.25, 0.3) is 0 Å². The Hall–Kier alpha value is -2.60. The molecule has 0 radical (unpaired) electrons. The molecule has 102 valence electrons. The predicted octanol–water partition coefficient (Wildman–Crippen LogP) is 3.32. The van der Waals surface area contributed by atoms with Crippen LogP contribution in [0.2, 0.25) is 0 Å². The Morgan fingerprint density at radius 2 is 1.95 bits per heavy atom. The molecule has 4 nitrogen and oxygen atoms in total. The Morgan fingerprint density at radius 3 is 2.71 bits per heavy atom. The number of halogens is 1. The Morgan fingerprint density at radius 1 is 1.10 bits per heavy atom. The fourth-order valence-electron chi connectivity index (χ4n) is 2.32. The molecular weight excluding hydrogens is 293 g/mol. The van der Waals surface area contributed by atoms with Crippen LogP contribution in [0.1, 0.15) is 31.3 Å². The summed E-state index contributed by atoms with van der Waals surface area (Å²) in [4.78, 5) is 29.1. The van der Waals surface area contributed by atoms with Crippen LogP contribution in [0, 0.1) is 5.82 Å². The van der Waals surface area contributed by atoms with Crippen molar-refractivity contribution in [1.29, 1.82) is 0 Å². The van der Waals surface area contributed by atoms with Crippen molar-refractivity contribution < 1.29 is 18.4 Å². The maximum atomic E-state index is 13.9. The molecule has 21 heavy (non-hydrogen) atoms. The van der Waals surface area contributed by atoms with Crippen molar-refractivity contribution >= 4 is 22.9 Å². The zero-order valence-electron chi connectivity index (χ0n) is 10.4. The molecule has 0 bridgehead atoms. The highest BCUT2D eigenvalue weighted by molar-refractivity contribution is 7.17. The molecule has 1 aliphatic carbocycles. The minimum Gasteiger partial charge on any atom is -0.462 e. The maximum Gasteiger partial charge on any atom is 0.213 e. The monoisotopic (exact) mass is 299 g/mol. The highest BCUT2D eigenvalue weighted by Gasteiger charge is 2.35. The second-order valence-electron chi connectivity index (χ2n) is 4.49. The minimum absolute atomic E-state index is 0.0591. The molecule has 0 amide bonds. The lowest BCUT2D eigenvalue weighted by atomic mass is 9.91. The van der Waals surface area contributed by atoms with Crippen molar-refractivity contribution in [2.75, 3.05) is 0 Å². The number of rotatable bonds is 1. The van der Waals surface area contributed by atoms with Gasteiger partial charge in [0.05, 0.1) is 11.8 Å². The molecular formula is C15H6FNO3S. The van der Waals surface area contributed by atoms with Crippen LogP contribution in [-0.4, -0.2) is 16.6 Å². The van der Waals surface area contributed by atoms with Gasteiger partial charge in [-0.3, -0.25) is 9.59 Å². The fourth-order valence-corrected chi connectivity index (χ4v) is 3.30. The fraction of sp³-hybridized carbons (Fsp3) is 0. The van der Waals surface area contributed by atoms with E-state index in [2.05, 4.69) is 4.98 Å². The molecule has 0 aliphatic heterocycles. The van der Waals surface area contributed by atoms with Gasteiger partial charge in [-0.1, -0.05) is 12.1 Å². The second-order valence-corrected chi connectivity index (χ2v) is 5.49. The lowest BCUT2D eigenvalue weighted by molar-refractivity contribution is 0.0976. The summed E-state index contributed by atoms with van der Waals surface area (Å²) in [6.45, 7) is 0. The van der Waals surface area contributed by atoms with E-state index in [0.717, 1.165) is 11.3 Å². The van der Waals surface area contributed by atoms with Crippen molar-refractivity contribution in [3.63, 3.8) is 0 Å². The van der Waals surface area contributed by atoms with Gasteiger partial charge in [0.15, 0.2) is 10.8 Å². The van der Waals surface area contributed by atoms with E-state index in [9.17, 15) is 14.0 Å². The van der Waals surface area contributed by atoms with Crippen LogP contribution < -0.4 is 0 Å². The number of fused-ring (bicyclic) bond motifs is 2. The minimum atomic E-state index is -0.690. The van der Waals surface area contributed by atoms with E-state index in [0.29, 0.717) is 10.8 Å². The number of hydrogen-bond donors (Lipinski definition) is 0. The highest BCUT2D eigenvalue weighted by Crippen LogP contribution is 2.35. The average Bonchev–Trinajstić information content (AvgIpc) is 3.13. The number of nitrogens with zero attached hydrogens (tertiary/aromatic N) is 1. The predicted molar refractivity (Wildman–Crippen MR) is 73.1 cm³/mol. The van der Waals surface area contributed by atoms with E-state index in [4.69, 9.17) is 4.42 Å². The van der Waals surface area contributed by atoms with Gasteiger partial charge < -0.3 is 4.42 Å². The van der Waals surface area contributed by atoms with Gasteiger partial charge >= 0.3 is 0 Å². The normalized spacial score (nSPS) is 13.2. The van der Waals surface area contributed by atoms with Crippen LogP contribution in [-0.2, 0) is 0 Å². The van der Waals surface area contributed by atoms with Crippen molar-refractivity contribution in [2.24, 2.45) is 0 Å². The van der Waals surface area contributed by atoms with Crippen molar-refractivity contribution in [3.05, 3.63) is 64.1 Å². The zero-order chi connectivity index (χ0) is 14.6. The maximum absolute atomic E-state index is 13.9. The van der Waals surface area contributed by atoms with Gasteiger partial charge in [-0.2, -0.15) is 0 Å². The first-order valence-electron chi connectivity index (χ1n) is 6.09. The largest absolute Gasteiger partial charge is 0.462 e. The summed E-state index contributed by atoms with van der Waals surface area (Å²) in [6.07, 6.45) is 1.48. The summed E-state index contributed by atoms with van der Waals surface area (Å²) in [6, 6.07) is 7.39. The highest BCUT2D eigenvalue weighted by atomic mass is 32.1. The molecule has 1 aromatic carbocycles. The molecule has 1 aliphatic rings. The number of furan rings is 1. The van der Waals surface area contributed by atoms with Crippen LogP contribution in [0.5, 0.6) is 0 Å². The first-order chi connectivity index (χ1) is 10.2. The third-order valence-corrected chi connectivity index (χ3v) is 4.33. The lowest BCUT2D eigenvalue weighted by Gasteiger charge is -2.12. The summed E-state index contributed by atoms with van der Waals surface area (Å²) in [5.74, 6) is -1.16. The van der Waals surface area contributed by atoms with Gasteiger partial charge in [0, 0.05) is 5.56 Å². The number of hydrogen-bond acceptors (Lipinski definition) is 5. The van der Waals surface area contributed by atoms with Crippen molar-refractivity contribution in [3.8, 4) is 10.8 Å². The first kappa shape index (κ1) is 12.2. The van der Waals surface area contributed by atoms with Gasteiger partial charge in [0.2, 0.25) is 11.6 Å². The van der Waals surface area contributed by atoms with Crippen molar-refractivity contribution in [1.82, 2.24) is 4.98 Å². The lowest BCUT2D eigenvalue weighted by Crippen LogP contribution is -2.21. The average molecular weight is 299 g/mol. The molecule has 0 N–H and O–H groups in total. The summed E-state index contributed by atoms with van der Waals surface area (Å²) in [5, 5.41) is 0.430. The van der Waals surface area contributed by atoms with E-state index in [1.54, 1.807) is 12.1 Å². The SMILES string of the molecule is O=C1c2cccc(F)c2C(=O)c2sc(-c3ccco3)nc21. The number of aromatic nitrogens is 1. The summed E-state index contributed by atoms with van der Waals surface area (Å²) in [5.41, 5.74) is -0.0528. The molecule has 2 heterocycles. The molecule has 0 unspecified atom stereocenters. The Labute approximate surface area is 121 Å². The first-order valence-corrected chi connectivity index (χ1v) is 6.91. The molecule has 0 saturated carbocycles. The molecule has 0 atom stereocenters. The van der Waals surface area contributed by atoms with E-state index in [-0.39, 0.29) is 21.7 Å². The number of ketones is 2. The second kappa shape index (κ2) is 4.20. The number of carbonyl (C=O) groups is 2. The van der Waals surface area contributed by atoms with Gasteiger partial charge in [-0.25, -0.2) is 9.37 Å². The molecule has 3 aromatic rings. The zero-order valence-corrected chi connectivity index (χ0v) is 11.2. The Kier molecular flexibility index (Phi) is 2.43. The third kappa shape index (κ3) is 1.62. The van der Waals surface area contributed by atoms with Crippen LogP contribution >= 0.6 is 11.3 Å². The standard InChI is InChI=1S/C15H6FNO3S/c16-8-4-1-3-7-10(8)13(19)14-11(12(7)18)17-15(21-14)9-5-2-6-20-9/h1-6H. The van der Waals surface area contributed by atoms with Gasteiger partial charge in [-0.15, -0.1) is 11.3 Å². The molecule has 0 fully saturated rings. The molecule has 0 spiro atoms. The topological polar surface area (TPSA) is 60.2 Å². The number of thiazole rings is 1. The van der Waals surface area contributed by atoms with Gasteiger partial charge in [0.1, 0.15) is 16.4 Å². The Balaban J connectivity index is 1.96. The van der Waals surface area contributed by atoms with Crippen LogP contribution in [0.25, 0.3) is 10.8 Å². The third-order valence-electron chi connectivity index (χ3n) is 3.27. The summed E-state index contributed by atoms with van der Waals surface area (Å²) >= 11 is 1.04. The van der Waals surface area contributed by atoms with Crippen LogP contribution in [0.3, 0.4) is 0 Å². The number of benzene rings is 1. The molecule has 4 rings (SSSR count). The smallest absolute Gasteiger partial charge is 0.213 e. The Bertz CT molecular complexity index is 896. The molecule has 2 aromatic heterocycles.